The van der Waals surface area contributed by atoms with Crippen LogP contribution in [-0.4, -0.2) is 9.97 Å². The molecule has 0 spiro atoms. The fraction of sp³-hybridized carbons (Fsp3) is 0.500. The molecule has 1 aromatic rings. The molecule has 1 aliphatic rings. The molecule has 1 saturated carbocycles. The Morgan fingerprint density at radius 2 is 2.15 bits per heavy atom. The van der Waals surface area contributed by atoms with Gasteiger partial charge in [0.25, 0.3) is 6.43 Å². The van der Waals surface area contributed by atoms with E-state index in [0.29, 0.717) is 11.7 Å². The number of rotatable bonds is 2. The minimum atomic E-state index is -2.53. The van der Waals surface area contributed by atoms with Crippen LogP contribution in [0.25, 0.3) is 0 Å². The smallest absolute Gasteiger partial charge is 0.240 e. The van der Waals surface area contributed by atoms with Gasteiger partial charge in [-0.2, -0.15) is 0 Å². The third-order valence-corrected chi connectivity index (χ3v) is 2.55. The van der Waals surface area contributed by atoms with E-state index in [9.17, 15) is 8.78 Å². The monoisotopic (exact) mass is 248 g/mol. The molecule has 0 unspecified atom stereocenters. The average molecular weight is 249 g/mol. The number of halogens is 3. The van der Waals surface area contributed by atoms with Crippen molar-refractivity contribution in [3.05, 3.63) is 22.2 Å². The molecule has 1 aromatic heterocycles. The highest BCUT2D eigenvalue weighted by molar-refractivity contribution is 9.10. The van der Waals surface area contributed by atoms with Crippen molar-refractivity contribution in [2.75, 3.05) is 0 Å². The van der Waals surface area contributed by atoms with E-state index >= 15 is 0 Å². The molecule has 5 heteroatoms. The van der Waals surface area contributed by atoms with E-state index in [1.165, 1.54) is 6.20 Å². The predicted octanol–water partition coefficient (Wildman–Crippen LogP) is 3.05. The Balaban J connectivity index is 2.36. The van der Waals surface area contributed by atoms with E-state index in [2.05, 4.69) is 25.9 Å². The zero-order chi connectivity index (χ0) is 9.42. The van der Waals surface area contributed by atoms with Gasteiger partial charge >= 0.3 is 0 Å². The Morgan fingerprint density at radius 1 is 1.46 bits per heavy atom. The molecule has 2 rings (SSSR count). The SMILES string of the molecule is FC(F)c1nc(C2CC2)ncc1Br. The number of alkyl halides is 2. The number of aromatic nitrogens is 2. The first-order chi connectivity index (χ1) is 6.18. The standard InChI is InChI=1S/C8H7BrF2N2/c9-5-3-12-8(4-1-2-4)13-6(5)7(10)11/h3-4,7H,1-2H2. The van der Waals surface area contributed by atoms with Crippen molar-refractivity contribution in [2.45, 2.75) is 25.2 Å². The highest BCUT2D eigenvalue weighted by atomic mass is 79.9. The van der Waals surface area contributed by atoms with Crippen LogP contribution in [0.4, 0.5) is 8.78 Å². The fourth-order valence-corrected chi connectivity index (χ4v) is 1.45. The normalized spacial score (nSPS) is 16.6. The summed E-state index contributed by atoms with van der Waals surface area (Å²) in [6, 6.07) is 0. The minimum Gasteiger partial charge on any atom is -0.240 e. The summed E-state index contributed by atoms with van der Waals surface area (Å²) in [5.74, 6) is 0.865. The predicted molar refractivity (Wildman–Crippen MR) is 46.7 cm³/mol. The number of hydrogen-bond acceptors (Lipinski definition) is 2. The van der Waals surface area contributed by atoms with Crippen LogP contribution >= 0.6 is 15.9 Å². The molecular formula is C8H7BrF2N2. The molecule has 1 fully saturated rings. The zero-order valence-corrected chi connectivity index (χ0v) is 8.26. The van der Waals surface area contributed by atoms with Crippen molar-refractivity contribution in [1.82, 2.24) is 9.97 Å². The lowest BCUT2D eigenvalue weighted by atomic mass is 10.3. The van der Waals surface area contributed by atoms with Crippen molar-refractivity contribution in [2.24, 2.45) is 0 Å². The van der Waals surface area contributed by atoms with Crippen molar-refractivity contribution in [1.29, 1.82) is 0 Å². The summed E-state index contributed by atoms with van der Waals surface area (Å²) >= 11 is 3.00. The van der Waals surface area contributed by atoms with Crippen LogP contribution in [0.2, 0.25) is 0 Å². The molecule has 0 aromatic carbocycles. The summed E-state index contributed by atoms with van der Waals surface area (Å²) < 4.78 is 25.0. The second-order valence-corrected chi connectivity index (χ2v) is 3.89. The van der Waals surface area contributed by atoms with E-state index in [-0.39, 0.29) is 10.2 Å². The van der Waals surface area contributed by atoms with Gasteiger partial charge in [-0.1, -0.05) is 0 Å². The van der Waals surface area contributed by atoms with Crippen LogP contribution < -0.4 is 0 Å². The quantitative estimate of drug-likeness (QED) is 0.804. The van der Waals surface area contributed by atoms with Crippen molar-refractivity contribution < 1.29 is 8.78 Å². The number of hydrogen-bond donors (Lipinski definition) is 0. The first-order valence-corrected chi connectivity index (χ1v) is 4.78. The highest BCUT2D eigenvalue weighted by Gasteiger charge is 2.28. The van der Waals surface area contributed by atoms with Gasteiger partial charge in [-0.15, -0.1) is 0 Å². The lowest BCUT2D eigenvalue weighted by Crippen LogP contribution is -1.99. The van der Waals surface area contributed by atoms with Gasteiger partial charge in [-0.05, 0) is 28.8 Å². The van der Waals surface area contributed by atoms with Crippen molar-refractivity contribution >= 4 is 15.9 Å². The molecule has 0 radical (unpaired) electrons. The van der Waals surface area contributed by atoms with Gasteiger partial charge in [0.1, 0.15) is 11.5 Å². The first-order valence-electron chi connectivity index (χ1n) is 3.99. The van der Waals surface area contributed by atoms with Crippen LogP contribution in [0.5, 0.6) is 0 Å². The second-order valence-electron chi connectivity index (χ2n) is 3.04. The van der Waals surface area contributed by atoms with Gasteiger partial charge in [0.15, 0.2) is 0 Å². The summed E-state index contributed by atoms with van der Waals surface area (Å²) in [5.41, 5.74) is -0.197. The largest absolute Gasteiger partial charge is 0.281 e. The molecule has 13 heavy (non-hydrogen) atoms. The lowest BCUT2D eigenvalue weighted by Gasteiger charge is -2.03. The first kappa shape index (κ1) is 8.99. The maximum Gasteiger partial charge on any atom is 0.281 e. The van der Waals surface area contributed by atoms with Crippen LogP contribution in [0, 0.1) is 0 Å². The van der Waals surface area contributed by atoms with Crippen LogP contribution in [0.3, 0.4) is 0 Å². The van der Waals surface area contributed by atoms with Gasteiger partial charge in [0.05, 0.1) is 4.47 Å². The second kappa shape index (κ2) is 3.29. The highest BCUT2D eigenvalue weighted by Crippen LogP contribution is 2.39. The van der Waals surface area contributed by atoms with E-state index in [0.717, 1.165) is 12.8 Å². The molecule has 1 heterocycles. The van der Waals surface area contributed by atoms with E-state index in [1.54, 1.807) is 0 Å². The Kier molecular flexibility index (Phi) is 2.27. The maximum atomic E-state index is 12.4. The van der Waals surface area contributed by atoms with E-state index in [4.69, 9.17) is 0 Å². The molecule has 1 aliphatic carbocycles. The van der Waals surface area contributed by atoms with E-state index < -0.39 is 6.43 Å². The van der Waals surface area contributed by atoms with Gasteiger partial charge in [0, 0.05) is 12.1 Å². The topological polar surface area (TPSA) is 25.8 Å². The van der Waals surface area contributed by atoms with Crippen LogP contribution in [-0.2, 0) is 0 Å². The molecule has 0 bridgehead atoms. The lowest BCUT2D eigenvalue weighted by molar-refractivity contribution is 0.144. The minimum absolute atomic E-state index is 0.197. The number of nitrogens with zero attached hydrogens (tertiary/aromatic N) is 2. The Bertz CT molecular complexity index is 326. The maximum absolute atomic E-state index is 12.4. The molecular weight excluding hydrogens is 242 g/mol. The van der Waals surface area contributed by atoms with Crippen molar-refractivity contribution in [3.8, 4) is 0 Å². The van der Waals surface area contributed by atoms with Gasteiger partial charge < -0.3 is 0 Å². The van der Waals surface area contributed by atoms with Gasteiger partial charge in [-0.25, -0.2) is 18.7 Å². The zero-order valence-electron chi connectivity index (χ0n) is 6.67. The van der Waals surface area contributed by atoms with Gasteiger partial charge in [0.2, 0.25) is 0 Å². The van der Waals surface area contributed by atoms with Crippen LogP contribution in [0.1, 0.15) is 36.7 Å². The molecule has 0 saturated heterocycles. The molecule has 0 aliphatic heterocycles. The average Bonchev–Trinajstić information content (AvgIpc) is 2.87. The summed E-state index contributed by atoms with van der Waals surface area (Å²) in [6.45, 7) is 0. The summed E-state index contributed by atoms with van der Waals surface area (Å²) in [7, 11) is 0. The summed E-state index contributed by atoms with van der Waals surface area (Å²) in [5, 5.41) is 0. The molecule has 0 N–H and O–H groups in total. The molecule has 0 amide bonds. The molecule has 2 nitrogen and oxygen atoms in total. The Labute approximate surface area is 82.5 Å². The Hall–Kier alpha value is -0.580. The molecule has 0 atom stereocenters. The summed E-state index contributed by atoms with van der Waals surface area (Å²) in [4.78, 5) is 7.82. The summed E-state index contributed by atoms with van der Waals surface area (Å²) in [6.07, 6.45) is 0.909. The van der Waals surface area contributed by atoms with E-state index in [1.807, 2.05) is 0 Å². The molecule has 70 valence electrons. The van der Waals surface area contributed by atoms with Gasteiger partial charge in [-0.3, -0.25) is 0 Å². The Morgan fingerprint density at radius 3 is 2.69 bits per heavy atom. The van der Waals surface area contributed by atoms with Crippen LogP contribution in [0.15, 0.2) is 10.7 Å². The van der Waals surface area contributed by atoms with Crippen molar-refractivity contribution in [3.63, 3.8) is 0 Å². The third kappa shape index (κ3) is 1.85. The fourth-order valence-electron chi connectivity index (χ4n) is 1.09. The third-order valence-electron chi connectivity index (χ3n) is 1.94.